The van der Waals surface area contributed by atoms with Gasteiger partial charge in [0, 0.05) is 25.4 Å². The maximum Gasteiger partial charge on any atom is 0.339 e. The number of hydrogen-bond acceptors (Lipinski definition) is 5. The molecule has 2 aromatic carbocycles. The molecule has 7 heteroatoms. The van der Waals surface area contributed by atoms with Gasteiger partial charge in [0.2, 0.25) is 5.91 Å². The van der Waals surface area contributed by atoms with Crippen LogP contribution in [0.1, 0.15) is 39.0 Å². The van der Waals surface area contributed by atoms with Crippen molar-refractivity contribution < 1.29 is 19.1 Å². The molecule has 160 valence electrons. The van der Waals surface area contributed by atoms with Gasteiger partial charge in [-0.2, -0.15) is 0 Å². The fourth-order valence-corrected chi connectivity index (χ4v) is 3.54. The van der Waals surface area contributed by atoms with Crippen molar-refractivity contribution in [3.05, 3.63) is 77.1 Å². The number of hydrogen-bond donors (Lipinski definition) is 2. The third-order valence-electron chi connectivity index (χ3n) is 5.09. The number of Topliss-reactive ketones (excluding diaryl/α,β-unsaturated/α-hetero) is 1. The van der Waals surface area contributed by atoms with Crippen LogP contribution in [0.3, 0.4) is 0 Å². The smallest absolute Gasteiger partial charge is 0.339 e. The Morgan fingerprint density at radius 2 is 1.68 bits per heavy atom. The Kier molecular flexibility index (Phi) is 6.55. The van der Waals surface area contributed by atoms with Gasteiger partial charge < -0.3 is 19.9 Å². The Morgan fingerprint density at radius 1 is 1.03 bits per heavy atom. The molecular formula is C24H25N3O4. The van der Waals surface area contributed by atoms with Crippen molar-refractivity contribution in [2.45, 2.75) is 20.3 Å². The summed E-state index contributed by atoms with van der Waals surface area (Å²) in [6.45, 7) is 3.06. The molecule has 0 bridgehead atoms. The number of methoxy groups -OCH3 is 1. The van der Waals surface area contributed by atoms with E-state index in [1.165, 1.54) is 14.0 Å². The number of H-pyrrole nitrogens is 1. The normalized spacial score (nSPS) is 10.5. The van der Waals surface area contributed by atoms with Gasteiger partial charge in [-0.15, -0.1) is 0 Å². The van der Waals surface area contributed by atoms with Crippen LogP contribution in [-0.4, -0.2) is 36.8 Å². The van der Waals surface area contributed by atoms with E-state index in [1.54, 1.807) is 6.92 Å². The molecule has 31 heavy (non-hydrogen) atoms. The van der Waals surface area contributed by atoms with Gasteiger partial charge in [-0.25, -0.2) is 4.79 Å². The molecule has 7 nitrogen and oxygen atoms in total. The number of esters is 1. The monoisotopic (exact) mass is 419 g/mol. The number of ketones is 1. The van der Waals surface area contributed by atoms with Gasteiger partial charge in [0.25, 0.3) is 0 Å². The third-order valence-corrected chi connectivity index (χ3v) is 5.09. The van der Waals surface area contributed by atoms with E-state index in [0.717, 1.165) is 11.4 Å². The summed E-state index contributed by atoms with van der Waals surface area (Å²) >= 11 is 0. The Bertz CT molecular complexity index is 1120. The van der Waals surface area contributed by atoms with E-state index in [1.807, 2.05) is 66.5 Å². The Hall–Kier alpha value is -3.87. The quantitative estimate of drug-likeness (QED) is 0.441. The van der Waals surface area contributed by atoms with Crippen molar-refractivity contribution in [2.75, 3.05) is 24.4 Å². The number of amides is 1. The standard InChI is InChI=1S/C24H25N3O4/c1-15-22(24(30)31-4)19(26-23(15)16(2)28)14-21(29)25-18-12-8-9-13-20(18)27(3)17-10-6-5-7-11-17/h5-13,26H,14H2,1-4H3,(H,25,29). The van der Waals surface area contributed by atoms with Crippen LogP contribution < -0.4 is 10.2 Å². The number of benzene rings is 2. The van der Waals surface area contributed by atoms with Crippen molar-refractivity contribution in [3.63, 3.8) is 0 Å². The number of ether oxygens (including phenoxy) is 1. The number of aromatic nitrogens is 1. The van der Waals surface area contributed by atoms with Crippen LogP contribution in [0.5, 0.6) is 0 Å². The number of rotatable bonds is 7. The van der Waals surface area contributed by atoms with Crippen molar-refractivity contribution in [1.29, 1.82) is 0 Å². The first-order valence-corrected chi connectivity index (χ1v) is 9.81. The first kappa shape index (κ1) is 21.8. The number of anilines is 3. The summed E-state index contributed by atoms with van der Waals surface area (Å²) in [4.78, 5) is 41.9. The second-order valence-electron chi connectivity index (χ2n) is 7.16. The lowest BCUT2D eigenvalue weighted by molar-refractivity contribution is -0.115. The van der Waals surface area contributed by atoms with Gasteiger partial charge in [0.05, 0.1) is 36.2 Å². The second kappa shape index (κ2) is 9.30. The van der Waals surface area contributed by atoms with Crippen molar-refractivity contribution in [2.24, 2.45) is 0 Å². The predicted molar refractivity (Wildman–Crippen MR) is 120 cm³/mol. The highest BCUT2D eigenvalue weighted by atomic mass is 16.5. The summed E-state index contributed by atoms with van der Waals surface area (Å²) in [7, 11) is 3.19. The summed E-state index contributed by atoms with van der Waals surface area (Å²) in [5, 5.41) is 2.91. The van der Waals surface area contributed by atoms with Crippen LogP contribution in [0.25, 0.3) is 0 Å². The Labute approximate surface area is 181 Å². The van der Waals surface area contributed by atoms with Gasteiger partial charge in [-0.05, 0) is 36.8 Å². The molecule has 0 atom stereocenters. The maximum atomic E-state index is 12.9. The molecule has 0 aliphatic rings. The van der Waals surface area contributed by atoms with E-state index in [2.05, 4.69) is 10.3 Å². The molecule has 0 unspecified atom stereocenters. The highest BCUT2D eigenvalue weighted by Crippen LogP contribution is 2.30. The van der Waals surface area contributed by atoms with Crippen LogP contribution in [0, 0.1) is 6.92 Å². The zero-order valence-electron chi connectivity index (χ0n) is 18.0. The first-order chi connectivity index (χ1) is 14.8. The highest BCUT2D eigenvalue weighted by molar-refractivity contribution is 6.03. The topological polar surface area (TPSA) is 91.5 Å². The number of aromatic amines is 1. The van der Waals surface area contributed by atoms with E-state index in [4.69, 9.17) is 4.74 Å². The zero-order chi connectivity index (χ0) is 22.5. The minimum atomic E-state index is -0.590. The second-order valence-corrected chi connectivity index (χ2v) is 7.16. The van der Waals surface area contributed by atoms with Crippen LogP contribution in [0.4, 0.5) is 17.1 Å². The van der Waals surface area contributed by atoms with E-state index < -0.39 is 5.97 Å². The Morgan fingerprint density at radius 3 is 2.32 bits per heavy atom. The number of carbonyl (C=O) groups is 3. The van der Waals surface area contributed by atoms with E-state index in [0.29, 0.717) is 22.6 Å². The number of carbonyl (C=O) groups excluding carboxylic acids is 3. The molecule has 3 rings (SSSR count). The number of para-hydroxylation sites is 3. The molecule has 0 spiro atoms. The molecule has 2 N–H and O–H groups in total. The van der Waals surface area contributed by atoms with Crippen LogP contribution in [0.15, 0.2) is 54.6 Å². The van der Waals surface area contributed by atoms with Crippen molar-refractivity contribution in [1.82, 2.24) is 4.98 Å². The third kappa shape index (κ3) is 4.66. The fourth-order valence-electron chi connectivity index (χ4n) is 3.54. The van der Waals surface area contributed by atoms with Crippen LogP contribution in [0.2, 0.25) is 0 Å². The van der Waals surface area contributed by atoms with Gasteiger partial charge >= 0.3 is 5.97 Å². The molecule has 0 saturated carbocycles. The fraction of sp³-hybridized carbons (Fsp3) is 0.208. The van der Waals surface area contributed by atoms with E-state index in [9.17, 15) is 14.4 Å². The van der Waals surface area contributed by atoms with Crippen LogP contribution in [-0.2, 0) is 16.0 Å². The lowest BCUT2D eigenvalue weighted by atomic mass is 10.1. The molecule has 0 aliphatic heterocycles. The summed E-state index contributed by atoms with van der Waals surface area (Å²) in [6, 6.07) is 17.3. The summed E-state index contributed by atoms with van der Waals surface area (Å²) in [5.74, 6) is -1.13. The predicted octanol–water partition coefficient (Wildman–Crippen LogP) is 4.26. The Balaban J connectivity index is 1.87. The van der Waals surface area contributed by atoms with Gasteiger partial charge in [0.15, 0.2) is 5.78 Å². The van der Waals surface area contributed by atoms with Gasteiger partial charge in [-0.1, -0.05) is 30.3 Å². The largest absolute Gasteiger partial charge is 0.465 e. The average Bonchev–Trinajstić information content (AvgIpc) is 3.09. The molecule has 0 fully saturated rings. The highest BCUT2D eigenvalue weighted by Gasteiger charge is 2.24. The molecule has 1 amide bonds. The minimum absolute atomic E-state index is 0.109. The number of nitrogens with zero attached hydrogens (tertiary/aromatic N) is 1. The number of nitrogens with one attached hydrogen (secondary N) is 2. The summed E-state index contributed by atoms with van der Waals surface area (Å²) < 4.78 is 4.84. The molecular weight excluding hydrogens is 394 g/mol. The van der Waals surface area contributed by atoms with E-state index >= 15 is 0 Å². The molecule has 0 radical (unpaired) electrons. The SMILES string of the molecule is COC(=O)c1c(CC(=O)Nc2ccccc2N(C)c2ccccc2)[nH]c(C(C)=O)c1C. The lowest BCUT2D eigenvalue weighted by Gasteiger charge is -2.22. The molecule has 1 aromatic heterocycles. The van der Waals surface area contributed by atoms with E-state index in [-0.39, 0.29) is 23.7 Å². The average molecular weight is 419 g/mol. The van der Waals surface area contributed by atoms with Gasteiger partial charge in [-0.3, -0.25) is 9.59 Å². The zero-order valence-corrected chi connectivity index (χ0v) is 18.0. The maximum absolute atomic E-state index is 12.9. The summed E-state index contributed by atoms with van der Waals surface area (Å²) in [6.07, 6.45) is -0.109. The molecule has 3 aromatic rings. The van der Waals surface area contributed by atoms with Crippen molar-refractivity contribution in [3.8, 4) is 0 Å². The minimum Gasteiger partial charge on any atom is -0.465 e. The molecule has 0 saturated heterocycles. The van der Waals surface area contributed by atoms with Gasteiger partial charge in [0.1, 0.15) is 0 Å². The molecule has 1 heterocycles. The lowest BCUT2D eigenvalue weighted by Crippen LogP contribution is -2.19. The molecule has 0 aliphatic carbocycles. The first-order valence-electron chi connectivity index (χ1n) is 9.81. The van der Waals surface area contributed by atoms with Crippen LogP contribution >= 0.6 is 0 Å². The van der Waals surface area contributed by atoms with Crippen molar-refractivity contribution >= 4 is 34.7 Å². The summed E-state index contributed by atoms with van der Waals surface area (Å²) in [5.41, 5.74) is 3.77.